The lowest BCUT2D eigenvalue weighted by Gasteiger charge is -2.17. The summed E-state index contributed by atoms with van der Waals surface area (Å²) in [4.78, 5) is 24.8. The first kappa shape index (κ1) is 23.0. The van der Waals surface area contributed by atoms with E-state index in [9.17, 15) is 18.0 Å². The second kappa shape index (κ2) is 9.46. The van der Waals surface area contributed by atoms with Gasteiger partial charge in [-0.2, -0.15) is 0 Å². The van der Waals surface area contributed by atoms with E-state index >= 15 is 0 Å². The monoisotopic (exact) mass is 438 g/mol. The fraction of sp³-hybridized carbons (Fsp3) is 0.263. The summed E-state index contributed by atoms with van der Waals surface area (Å²) < 4.78 is 43.4. The molecule has 0 saturated heterocycles. The first-order valence-corrected chi connectivity index (χ1v) is 10.1. The first-order valence-electron chi connectivity index (χ1n) is 8.56. The maximum absolute atomic E-state index is 12.6. The van der Waals surface area contributed by atoms with Crippen LogP contribution in [0.1, 0.15) is 17.3 Å². The fourth-order valence-electron chi connectivity index (χ4n) is 2.51. The van der Waals surface area contributed by atoms with Crippen LogP contribution >= 0.6 is 0 Å². The highest BCUT2D eigenvalue weighted by Crippen LogP contribution is 2.40. The molecular weight excluding hydrogens is 416 g/mol. The highest BCUT2D eigenvalue weighted by atomic mass is 32.2. The fourth-order valence-corrected chi connectivity index (χ4v) is 3.03. The Kier molecular flexibility index (Phi) is 7.24. The largest absolute Gasteiger partial charge is 0.493 e. The number of amides is 1. The molecule has 1 amide bonds. The summed E-state index contributed by atoms with van der Waals surface area (Å²) in [6.45, 7) is 1.39. The predicted octanol–water partition coefficient (Wildman–Crippen LogP) is 1.54. The topological polar surface area (TPSA) is 143 Å². The number of esters is 1. The second-order valence-electron chi connectivity index (χ2n) is 5.99. The SMILES string of the molecule is COc1ccc(C(=O)OC(C)C(=O)Nc2ccc(S(N)(=O)=O)cc2)c(OC)c1OC. The van der Waals surface area contributed by atoms with Crippen molar-refractivity contribution in [1.29, 1.82) is 0 Å². The van der Waals surface area contributed by atoms with Crippen molar-refractivity contribution in [1.82, 2.24) is 0 Å². The minimum Gasteiger partial charge on any atom is -0.493 e. The molecule has 162 valence electrons. The Labute approximate surface area is 173 Å². The number of carbonyl (C=O) groups is 2. The van der Waals surface area contributed by atoms with E-state index in [-0.39, 0.29) is 22.0 Å². The number of hydrogen-bond acceptors (Lipinski definition) is 8. The van der Waals surface area contributed by atoms with Crippen molar-refractivity contribution in [3.63, 3.8) is 0 Å². The van der Waals surface area contributed by atoms with E-state index in [2.05, 4.69) is 5.32 Å². The molecule has 0 saturated carbocycles. The van der Waals surface area contributed by atoms with Gasteiger partial charge in [0.25, 0.3) is 5.91 Å². The Morgan fingerprint density at radius 1 is 0.933 bits per heavy atom. The molecule has 30 heavy (non-hydrogen) atoms. The number of sulfonamides is 1. The van der Waals surface area contributed by atoms with E-state index in [0.717, 1.165) is 0 Å². The molecule has 0 aliphatic carbocycles. The smallest absolute Gasteiger partial charge is 0.342 e. The molecule has 0 aliphatic heterocycles. The highest BCUT2D eigenvalue weighted by molar-refractivity contribution is 7.89. The standard InChI is InChI=1S/C19H22N2O8S/c1-11(18(22)21-12-5-7-13(8-6-12)30(20,24)25)29-19(23)14-9-10-15(26-2)17(28-4)16(14)27-3/h5-11H,1-4H3,(H,21,22)(H2,20,24,25). The molecule has 1 unspecified atom stereocenters. The number of nitrogens with two attached hydrogens (primary N) is 1. The molecule has 2 aromatic rings. The van der Waals surface area contributed by atoms with E-state index in [4.69, 9.17) is 24.1 Å². The van der Waals surface area contributed by atoms with Gasteiger partial charge in [0, 0.05) is 5.69 Å². The van der Waals surface area contributed by atoms with Crippen molar-refractivity contribution in [2.24, 2.45) is 5.14 Å². The quantitative estimate of drug-likeness (QED) is 0.591. The minimum absolute atomic E-state index is 0.0484. The molecule has 0 radical (unpaired) electrons. The molecule has 0 aliphatic rings. The van der Waals surface area contributed by atoms with Gasteiger partial charge in [-0.25, -0.2) is 18.4 Å². The van der Waals surface area contributed by atoms with Crippen molar-refractivity contribution in [2.45, 2.75) is 17.9 Å². The van der Waals surface area contributed by atoms with Crippen molar-refractivity contribution in [3.05, 3.63) is 42.0 Å². The summed E-state index contributed by atoms with van der Waals surface area (Å²) in [6, 6.07) is 8.16. The number of ether oxygens (including phenoxy) is 4. The Morgan fingerprint density at radius 2 is 1.53 bits per heavy atom. The maximum Gasteiger partial charge on any atom is 0.342 e. The average molecular weight is 438 g/mol. The molecule has 0 heterocycles. The van der Waals surface area contributed by atoms with Gasteiger partial charge in [-0.05, 0) is 43.3 Å². The minimum atomic E-state index is -3.84. The number of nitrogens with one attached hydrogen (secondary N) is 1. The summed E-state index contributed by atoms with van der Waals surface area (Å²) in [7, 11) is 0.352. The van der Waals surface area contributed by atoms with Crippen LogP contribution in [0, 0.1) is 0 Å². The van der Waals surface area contributed by atoms with Crippen molar-refractivity contribution < 1.29 is 37.0 Å². The average Bonchev–Trinajstić information content (AvgIpc) is 2.71. The normalized spacial score (nSPS) is 11.9. The Balaban J connectivity index is 2.13. The molecule has 3 N–H and O–H groups in total. The van der Waals surface area contributed by atoms with Gasteiger partial charge in [0.05, 0.1) is 26.2 Å². The van der Waals surface area contributed by atoms with Gasteiger partial charge in [-0.1, -0.05) is 0 Å². The summed E-state index contributed by atoms with van der Waals surface area (Å²) >= 11 is 0. The lowest BCUT2D eigenvalue weighted by atomic mass is 10.1. The lowest BCUT2D eigenvalue weighted by molar-refractivity contribution is -0.123. The van der Waals surface area contributed by atoms with E-state index in [1.807, 2.05) is 0 Å². The molecule has 11 heteroatoms. The van der Waals surface area contributed by atoms with E-state index in [0.29, 0.717) is 11.4 Å². The molecule has 0 bridgehead atoms. The van der Waals surface area contributed by atoms with Crippen LogP contribution in [0.2, 0.25) is 0 Å². The third-order valence-electron chi connectivity index (χ3n) is 4.03. The van der Waals surface area contributed by atoms with Crippen molar-refractivity contribution in [3.8, 4) is 17.2 Å². The zero-order valence-electron chi connectivity index (χ0n) is 16.8. The first-order chi connectivity index (χ1) is 14.1. The van der Waals surface area contributed by atoms with Gasteiger partial charge in [-0.3, -0.25) is 4.79 Å². The molecule has 0 fully saturated rings. The molecule has 0 aromatic heterocycles. The zero-order valence-corrected chi connectivity index (χ0v) is 17.6. The van der Waals surface area contributed by atoms with Crippen molar-refractivity contribution in [2.75, 3.05) is 26.6 Å². The number of rotatable bonds is 8. The Bertz CT molecular complexity index is 1040. The van der Waals surface area contributed by atoms with Crippen LogP contribution in [0.5, 0.6) is 17.2 Å². The van der Waals surface area contributed by atoms with Gasteiger partial charge < -0.3 is 24.3 Å². The van der Waals surface area contributed by atoms with Gasteiger partial charge in [-0.15, -0.1) is 0 Å². The second-order valence-corrected chi connectivity index (χ2v) is 7.55. The third-order valence-corrected chi connectivity index (χ3v) is 4.96. The van der Waals surface area contributed by atoms with Crippen LogP contribution < -0.4 is 24.7 Å². The number of hydrogen-bond donors (Lipinski definition) is 2. The van der Waals surface area contributed by atoms with Crippen LogP contribution in [0.3, 0.4) is 0 Å². The van der Waals surface area contributed by atoms with Crippen LogP contribution in [0.15, 0.2) is 41.3 Å². The van der Waals surface area contributed by atoms with Gasteiger partial charge in [0.1, 0.15) is 5.56 Å². The molecule has 2 aromatic carbocycles. The van der Waals surface area contributed by atoms with Crippen molar-refractivity contribution >= 4 is 27.6 Å². The Hall–Kier alpha value is -3.31. The number of methoxy groups -OCH3 is 3. The predicted molar refractivity (Wildman–Crippen MR) is 107 cm³/mol. The molecule has 0 spiro atoms. The van der Waals surface area contributed by atoms with E-state index in [1.165, 1.54) is 64.7 Å². The van der Waals surface area contributed by atoms with Crippen LogP contribution in [0.25, 0.3) is 0 Å². The number of benzene rings is 2. The molecule has 10 nitrogen and oxygen atoms in total. The lowest BCUT2D eigenvalue weighted by Crippen LogP contribution is -2.30. The number of anilines is 1. The van der Waals surface area contributed by atoms with Gasteiger partial charge in [0.15, 0.2) is 17.6 Å². The van der Waals surface area contributed by atoms with E-state index < -0.39 is 28.0 Å². The Morgan fingerprint density at radius 3 is 2.03 bits per heavy atom. The van der Waals surface area contributed by atoms with Crippen LogP contribution in [-0.2, 0) is 19.6 Å². The molecular formula is C19H22N2O8S. The summed E-state index contributed by atoms with van der Waals surface area (Å²) in [5, 5.41) is 7.55. The van der Waals surface area contributed by atoms with Crippen LogP contribution in [0.4, 0.5) is 5.69 Å². The third kappa shape index (κ3) is 5.19. The van der Waals surface area contributed by atoms with Gasteiger partial charge >= 0.3 is 5.97 Å². The van der Waals surface area contributed by atoms with Gasteiger partial charge in [0.2, 0.25) is 15.8 Å². The van der Waals surface area contributed by atoms with E-state index in [1.54, 1.807) is 0 Å². The van der Waals surface area contributed by atoms with Crippen LogP contribution in [-0.4, -0.2) is 47.7 Å². The zero-order chi connectivity index (χ0) is 22.5. The molecule has 2 rings (SSSR count). The summed E-state index contributed by atoms with van der Waals surface area (Å²) in [5.74, 6) is -0.750. The summed E-state index contributed by atoms with van der Waals surface area (Å²) in [6.07, 6.45) is -1.16. The number of carbonyl (C=O) groups excluding carboxylic acids is 2. The summed E-state index contributed by atoms with van der Waals surface area (Å²) in [5.41, 5.74) is 0.353. The molecule has 1 atom stereocenters. The maximum atomic E-state index is 12.6. The number of primary sulfonamides is 1. The highest BCUT2D eigenvalue weighted by Gasteiger charge is 2.25.